The highest BCUT2D eigenvalue weighted by Crippen LogP contribution is 2.19. The van der Waals surface area contributed by atoms with E-state index in [1.165, 1.54) is 0 Å². The molecule has 1 aliphatic rings. The molecule has 0 radical (unpaired) electrons. The highest BCUT2D eigenvalue weighted by atomic mass is 79.9. The van der Waals surface area contributed by atoms with Crippen LogP contribution in [-0.2, 0) is 9.53 Å². The summed E-state index contributed by atoms with van der Waals surface area (Å²) in [6, 6.07) is 11.3. The number of nitrogens with zero attached hydrogens (tertiary/aromatic N) is 2. The molecule has 180 valence electrons. The predicted molar refractivity (Wildman–Crippen MR) is 117 cm³/mol. The molecule has 0 saturated carbocycles. The van der Waals surface area contributed by atoms with Crippen molar-refractivity contribution in [3.63, 3.8) is 0 Å². The van der Waals surface area contributed by atoms with Gasteiger partial charge in [0.1, 0.15) is 24.3 Å². The van der Waals surface area contributed by atoms with E-state index in [9.17, 15) is 18.0 Å². The third-order valence-corrected chi connectivity index (χ3v) is 4.73. The number of carboxylic acid groups (broad SMARTS) is 1. The van der Waals surface area contributed by atoms with E-state index in [-0.39, 0.29) is 12.1 Å². The first kappa shape index (κ1) is 26.4. The zero-order valence-corrected chi connectivity index (χ0v) is 19.4. The summed E-state index contributed by atoms with van der Waals surface area (Å²) in [6.45, 7) is 5.79. The van der Waals surface area contributed by atoms with Crippen molar-refractivity contribution in [3.05, 3.63) is 52.1 Å². The molecule has 0 bridgehead atoms. The molecule has 1 aromatic carbocycles. The Morgan fingerprint density at radius 1 is 1.30 bits per heavy atom. The van der Waals surface area contributed by atoms with Crippen LogP contribution in [0.4, 0.5) is 23.8 Å². The van der Waals surface area contributed by atoms with Crippen molar-refractivity contribution >= 4 is 33.7 Å². The maximum Gasteiger partial charge on any atom is 0.490 e. The summed E-state index contributed by atoms with van der Waals surface area (Å²) in [5.41, 5.74) is 1.94. The van der Waals surface area contributed by atoms with Crippen LogP contribution in [0.15, 0.2) is 40.9 Å². The molecule has 0 aliphatic carbocycles. The Hall–Kier alpha value is -2.86. The molecule has 2 aromatic rings. The maximum absolute atomic E-state index is 12.5. The summed E-state index contributed by atoms with van der Waals surface area (Å²) in [5, 5.41) is 9.99. The topological polar surface area (TPSA) is 101 Å². The number of hydrogen-bond donors (Lipinski definition) is 2. The summed E-state index contributed by atoms with van der Waals surface area (Å²) < 4.78 is 44.2. The fourth-order valence-corrected chi connectivity index (χ4v) is 3.22. The number of aromatic nitrogens is 1. The number of halogens is 4. The number of carbonyl (C=O) groups is 2. The molecule has 1 saturated heterocycles. The molecule has 33 heavy (non-hydrogen) atoms. The van der Waals surface area contributed by atoms with Crippen LogP contribution in [0, 0.1) is 13.8 Å². The number of aliphatic carboxylic acids is 1. The van der Waals surface area contributed by atoms with Gasteiger partial charge in [-0.3, -0.25) is 5.32 Å². The molecular weight excluding hydrogens is 511 g/mol. The van der Waals surface area contributed by atoms with E-state index in [4.69, 9.17) is 19.4 Å². The van der Waals surface area contributed by atoms with E-state index in [0.29, 0.717) is 32.1 Å². The summed E-state index contributed by atoms with van der Waals surface area (Å²) in [6.07, 6.45) is -5.25. The van der Waals surface area contributed by atoms with E-state index in [0.717, 1.165) is 21.5 Å². The summed E-state index contributed by atoms with van der Waals surface area (Å²) >= 11 is 3.42. The summed E-state index contributed by atoms with van der Waals surface area (Å²) in [5.74, 6) is -1.42. The van der Waals surface area contributed by atoms with Gasteiger partial charge in [0.05, 0.1) is 13.2 Å². The van der Waals surface area contributed by atoms with Crippen LogP contribution in [-0.4, -0.2) is 65.6 Å². The first-order chi connectivity index (χ1) is 15.4. The van der Waals surface area contributed by atoms with E-state index in [1.807, 2.05) is 50.2 Å². The SMILES string of the molecule is Cc1cc(C)nc(NC(=O)N2CCOC(COc3cccc(Br)c3)C2)c1.O=C(O)C(F)(F)F. The van der Waals surface area contributed by atoms with Crippen molar-refractivity contribution in [1.82, 2.24) is 9.88 Å². The average molecular weight is 534 g/mol. The Bertz CT molecular complexity index is 954. The van der Waals surface area contributed by atoms with E-state index in [1.54, 1.807) is 4.90 Å². The third-order valence-electron chi connectivity index (χ3n) is 4.23. The number of urea groups is 1. The quantitative estimate of drug-likeness (QED) is 0.603. The second-order valence-corrected chi connectivity index (χ2v) is 8.03. The number of hydrogen-bond acceptors (Lipinski definition) is 5. The smallest absolute Gasteiger partial charge is 0.490 e. The van der Waals surface area contributed by atoms with Crippen molar-refractivity contribution in [1.29, 1.82) is 0 Å². The standard InChI is InChI=1S/C19H22BrN3O3.C2HF3O2/c1-13-8-14(2)21-18(9-13)22-19(24)23-6-7-25-17(11-23)12-26-16-5-3-4-15(20)10-16;3-2(4,5)1(6)7/h3-5,8-10,17H,6-7,11-12H2,1-2H3,(H,21,22,24);(H,6,7). The Morgan fingerprint density at radius 2 is 2.00 bits per heavy atom. The number of pyridine rings is 1. The minimum absolute atomic E-state index is 0.166. The molecule has 1 fully saturated rings. The molecule has 2 amide bonds. The zero-order chi connectivity index (χ0) is 24.6. The van der Waals surface area contributed by atoms with Gasteiger partial charge in [-0.05, 0) is 49.7 Å². The van der Waals surface area contributed by atoms with Crippen LogP contribution in [0.1, 0.15) is 11.3 Å². The predicted octanol–water partition coefficient (Wildman–Crippen LogP) is 4.41. The Labute approximate surface area is 196 Å². The van der Waals surface area contributed by atoms with Crippen LogP contribution in [0.2, 0.25) is 0 Å². The van der Waals surface area contributed by atoms with Gasteiger partial charge in [-0.1, -0.05) is 22.0 Å². The average Bonchev–Trinajstić information content (AvgIpc) is 2.71. The molecular formula is C21H23BrF3N3O5. The molecule has 1 aromatic heterocycles. The van der Waals surface area contributed by atoms with Crippen molar-refractivity contribution in [2.24, 2.45) is 0 Å². The third kappa shape index (κ3) is 9.26. The van der Waals surface area contributed by atoms with Crippen molar-refractivity contribution < 1.29 is 37.3 Å². The van der Waals surface area contributed by atoms with E-state index < -0.39 is 12.1 Å². The molecule has 3 rings (SSSR count). The lowest BCUT2D eigenvalue weighted by Crippen LogP contribution is -2.49. The minimum atomic E-state index is -5.08. The normalized spacial score (nSPS) is 15.8. The van der Waals surface area contributed by atoms with Gasteiger partial charge in [-0.15, -0.1) is 0 Å². The van der Waals surface area contributed by atoms with Crippen LogP contribution < -0.4 is 10.1 Å². The molecule has 12 heteroatoms. The monoisotopic (exact) mass is 533 g/mol. The van der Waals surface area contributed by atoms with Crippen LogP contribution in [0.5, 0.6) is 5.75 Å². The molecule has 0 spiro atoms. The Kier molecular flexibility index (Phi) is 9.47. The Balaban J connectivity index is 0.000000479. The van der Waals surface area contributed by atoms with Gasteiger partial charge in [0.15, 0.2) is 0 Å². The molecule has 1 atom stereocenters. The van der Waals surface area contributed by atoms with Gasteiger partial charge in [0.25, 0.3) is 0 Å². The molecule has 2 heterocycles. The molecule has 2 N–H and O–H groups in total. The number of anilines is 1. The molecule has 8 nitrogen and oxygen atoms in total. The van der Waals surface area contributed by atoms with Crippen molar-refractivity contribution in [2.75, 3.05) is 31.6 Å². The van der Waals surface area contributed by atoms with Crippen LogP contribution >= 0.6 is 15.9 Å². The highest BCUT2D eigenvalue weighted by Gasteiger charge is 2.38. The van der Waals surface area contributed by atoms with Crippen molar-refractivity contribution in [3.8, 4) is 5.75 Å². The second kappa shape index (κ2) is 11.8. The number of carbonyl (C=O) groups excluding carboxylic acids is 1. The number of carboxylic acids is 1. The number of morpholine rings is 1. The Morgan fingerprint density at radius 3 is 2.61 bits per heavy atom. The van der Waals surface area contributed by atoms with E-state index >= 15 is 0 Å². The van der Waals surface area contributed by atoms with Gasteiger partial charge >= 0.3 is 18.2 Å². The molecule has 1 unspecified atom stereocenters. The minimum Gasteiger partial charge on any atom is -0.491 e. The maximum atomic E-state index is 12.5. The van der Waals surface area contributed by atoms with Gasteiger partial charge in [0, 0.05) is 16.7 Å². The first-order valence-electron chi connectivity index (χ1n) is 9.75. The number of benzene rings is 1. The van der Waals surface area contributed by atoms with Gasteiger partial charge in [-0.25, -0.2) is 14.6 Å². The number of ether oxygens (including phenoxy) is 2. The fourth-order valence-electron chi connectivity index (χ4n) is 2.84. The summed E-state index contributed by atoms with van der Waals surface area (Å²) in [4.78, 5) is 27.5. The number of nitrogens with one attached hydrogen (secondary N) is 1. The molecule has 1 aliphatic heterocycles. The first-order valence-corrected chi connectivity index (χ1v) is 10.5. The number of alkyl halides is 3. The van der Waals surface area contributed by atoms with Gasteiger partial charge in [0.2, 0.25) is 0 Å². The number of aryl methyl sites for hydroxylation is 2. The lowest BCUT2D eigenvalue weighted by Gasteiger charge is -2.32. The van der Waals surface area contributed by atoms with E-state index in [2.05, 4.69) is 26.2 Å². The summed E-state index contributed by atoms with van der Waals surface area (Å²) in [7, 11) is 0. The van der Waals surface area contributed by atoms with Gasteiger partial charge < -0.3 is 19.5 Å². The van der Waals surface area contributed by atoms with Crippen molar-refractivity contribution in [2.45, 2.75) is 26.1 Å². The lowest BCUT2D eigenvalue weighted by molar-refractivity contribution is -0.192. The number of rotatable bonds is 4. The largest absolute Gasteiger partial charge is 0.491 e. The number of amides is 2. The zero-order valence-electron chi connectivity index (χ0n) is 17.9. The van der Waals surface area contributed by atoms with Crippen LogP contribution in [0.3, 0.4) is 0 Å². The fraction of sp³-hybridized carbons (Fsp3) is 0.381. The lowest BCUT2D eigenvalue weighted by atomic mass is 10.2. The highest BCUT2D eigenvalue weighted by molar-refractivity contribution is 9.10. The second-order valence-electron chi connectivity index (χ2n) is 7.11. The van der Waals surface area contributed by atoms with Crippen LogP contribution in [0.25, 0.3) is 0 Å². The van der Waals surface area contributed by atoms with Gasteiger partial charge in [-0.2, -0.15) is 13.2 Å².